The minimum atomic E-state index is -0.445. The molecule has 0 aromatic carbocycles. The molecule has 0 aliphatic heterocycles. The van der Waals surface area contributed by atoms with Gasteiger partial charge in [0.2, 0.25) is 5.95 Å². The van der Waals surface area contributed by atoms with E-state index in [0.29, 0.717) is 5.92 Å². The minimum Gasteiger partial charge on any atom is -0.368 e. The van der Waals surface area contributed by atoms with Crippen molar-refractivity contribution in [2.24, 2.45) is 5.92 Å². The number of aromatic nitrogens is 2. The second kappa shape index (κ2) is 4.42. The lowest BCUT2D eigenvalue weighted by molar-refractivity contribution is 0.492. The Hall–Kier alpha value is -1.39. The molecule has 2 N–H and O–H groups in total. The predicted molar refractivity (Wildman–Crippen MR) is 59.1 cm³/mol. The van der Waals surface area contributed by atoms with Gasteiger partial charge >= 0.3 is 0 Å². The molecule has 1 unspecified atom stereocenters. The third-order valence-electron chi connectivity index (χ3n) is 2.65. The zero-order chi connectivity index (χ0) is 11.6. The Morgan fingerprint density at radius 1 is 1.40 bits per heavy atom. The number of hydrogen-bond donors (Lipinski definition) is 1. The summed E-state index contributed by atoms with van der Waals surface area (Å²) in [5.41, 5.74) is 5.43. The summed E-state index contributed by atoms with van der Waals surface area (Å²) in [4.78, 5) is 9.26. The Morgan fingerprint density at radius 3 is 2.53 bits per heavy atom. The monoisotopic (exact) mass is 212 g/mol. The summed E-state index contributed by atoms with van der Waals surface area (Å²) < 4.78 is 13.4. The zero-order valence-electron chi connectivity index (χ0n) is 9.53. The molecular formula is C10H17FN4. The summed E-state index contributed by atoms with van der Waals surface area (Å²) in [5, 5.41) is 0. The lowest BCUT2D eigenvalue weighted by Gasteiger charge is -2.29. The maximum absolute atomic E-state index is 13.4. The normalized spacial score (nSPS) is 12.9. The highest BCUT2D eigenvalue weighted by Crippen LogP contribution is 2.20. The van der Waals surface area contributed by atoms with Crippen LogP contribution in [-0.4, -0.2) is 23.1 Å². The molecule has 15 heavy (non-hydrogen) atoms. The molecular weight excluding hydrogens is 195 g/mol. The molecule has 1 rings (SSSR count). The molecule has 1 aromatic rings. The van der Waals surface area contributed by atoms with Gasteiger partial charge in [-0.2, -0.15) is 4.98 Å². The molecule has 0 spiro atoms. The number of anilines is 2. The fourth-order valence-corrected chi connectivity index (χ4v) is 1.26. The number of nitrogens with zero attached hydrogens (tertiary/aromatic N) is 3. The number of rotatable bonds is 3. The van der Waals surface area contributed by atoms with E-state index in [1.54, 1.807) is 11.9 Å². The molecule has 84 valence electrons. The van der Waals surface area contributed by atoms with Crippen LogP contribution in [0.4, 0.5) is 16.2 Å². The second-order valence-corrected chi connectivity index (χ2v) is 4.00. The van der Waals surface area contributed by atoms with E-state index in [9.17, 15) is 4.39 Å². The Labute approximate surface area is 89.3 Å². The van der Waals surface area contributed by atoms with Gasteiger partial charge in [0.05, 0.1) is 6.20 Å². The third kappa shape index (κ3) is 2.55. The molecule has 0 saturated carbocycles. The van der Waals surface area contributed by atoms with Crippen molar-refractivity contribution in [3.05, 3.63) is 12.0 Å². The van der Waals surface area contributed by atoms with Crippen molar-refractivity contribution in [1.82, 2.24) is 9.97 Å². The first kappa shape index (κ1) is 11.7. The van der Waals surface area contributed by atoms with Gasteiger partial charge in [0, 0.05) is 13.1 Å². The van der Waals surface area contributed by atoms with Gasteiger partial charge in [-0.1, -0.05) is 13.8 Å². The first-order valence-corrected chi connectivity index (χ1v) is 4.94. The topological polar surface area (TPSA) is 55.0 Å². The van der Waals surface area contributed by atoms with Crippen LogP contribution >= 0.6 is 0 Å². The molecule has 0 radical (unpaired) electrons. The molecule has 1 heterocycles. The fraction of sp³-hybridized carbons (Fsp3) is 0.600. The second-order valence-electron chi connectivity index (χ2n) is 4.00. The molecule has 1 aromatic heterocycles. The van der Waals surface area contributed by atoms with Gasteiger partial charge in [0.15, 0.2) is 11.6 Å². The van der Waals surface area contributed by atoms with E-state index in [1.807, 2.05) is 6.92 Å². The Kier molecular flexibility index (Phi) is 3.44. The predicted octanol–water partition coefficient (Wildman–Crippen LogP) is 1.68. The van der Waals surface area contributed by atoms with Crippen LogP contribution in [-0.2, 0) is 0 Å². The van der Waals surface area contributed by atoms with Crippen LogP contribution in [0.3, 0.4) is 0 Å². The molecule has 1 atom stereocenters. The van der Waals surface area contributed by atoms with Crippen LogP contribution in [0.2, 0.25) is 0 Å². The Balaban J connectivity index is 2.99. The van der Waals surface area contributed by atoms with E-state index in [2.05, 4.69) is 23.8 Å². The summed E-state index contributed by atoms with van der Waals surface area (Å²) in [6.07, 6.45) is 1.10. The van der Waals surface area contributed by atoms with Gasteiger partial charge in [-0.15, -0.1) is 0 Å². The molecule has 0 bridgehead atoms. The van der Waals surface area contributed by atoms with Crippen LogP contribution in [0.1, 0.15) is 20.8 Å². The number of nitrogens with two attached hydrogens (primary N) is 1. The zero-order valence-corrected chi connectivity index (χ0v) is 9.53. The highest BCUT2D eigenvalue weighted by Gasteiger charge is 2.18. The summed E-state index contributed by atoms with van der Waals surface area (Å²) >= 11 is 0. The van der Waals surface area contributed by atoms with Crippen molar-refractivity contribution < 1.29 is 4.39 Å². The molecule has 0 amide bonds. The first-order valence-electron chi connectivity index (χ1n) is 4.94. The van der Waals surface area contributed by atoms with Crippen molar-refractivity contribution in [1.29, 1.82) is 0 Å². The molecule has 0 saturated heterocycles. The maximum Gasteiger partial charge on any atom is 0.222 e. The molecule has 0 aliphatic rings. The van der Waals surface area contributed by atoms with Crippen molar-refractivity contribution in [2.45, 2.75) is 26.8 Å². The largest absolute Gasteiger partial charge is 0.368 e. The third-order valence-corrected chi connectivity index (χ3v) is 2.65. The molecule has 0 fully saturated rings. The minimum absolute atomic E-state index is 0.0919. The SMILES string of the molecule is CC(C)C(C)N(C)c1nc(N)ncc1F. The summed E-state index contributed by atoms with van der Waals surface area (Å²) in [7, 11) is 1.80. The van der Waals surface area contributed by atoms with Crippen LogP contribution < -0.4 is 10.6 Å². The molecule has 4 nitrogen and oxygen atoms in total. The summed E-state index contributed by atoms with van der Waals surface area (Å²) in [6, 6.07) is 0.189. The average Bonchev–Trinajstić information content (AvgIpc) is 2.19. The van der Waals surface area contributed by atoms with Crippen molar-refractivity contribution >= 4 is 11.8 Å². The van der Waals surface area contributed by atoms with E-state index in [4.69, 9.17) is 5.73 Å². The fourth-order valence-electron chi connectivity index (χ4n) is 1.26. The van der Waals surface area contributed by atoms with Gasteiger partial charge < -0.3 is 10.6 Å². The van der Waals surface area contributed by atoms with Crippen molar-refractivity contribution in [3.8, 4) is 0 Å². The Morgan fingerprint density at radius 2 is 2.00 bits per heavy atom. The van der Waals surface area contributed by atoms with Gasteiger partial charge in [0.25, 0.3) is 0 Å². The van der Waals surface area contributed by atoms with Crippen molar-refractivity contribution in [3.63, 3.8) is 0 Å². The maximum atomic E-state index is 13.4. The Bertz CT molecular complexity index is 340. The standard InChI is InChI=1S/C10H17FN4/c1-6(2)7(3)15(4)9-8(11)5-13-10(12)14-9/h5-7H,1-4H3,(H2,12,13,14). The van der Waals surface area contributed by atoms with E-state index < -0.39 is 5.82 Å². The summed E-state index contributed by atoms with van der Waals surface area (Å²) in [6.45, 7) is 6.16. The van der Waals surface area contributed by atoms with E-state index in [0.717, 1.165) is 6.20 Å². The number of nitrogen functional groups attached to an aromatic ring is 1. The number of halogens is 1. The van der Waals surface area contributed by atoms with Crippen LogP contribution in [0.25, 0.3) is 0 Å². The van der Waals surface area contributed by atoms with Gasteiger partial charge in [0.1, 0.15) is 0 Å². The summed E-state index contributed by atoms with van der Waals surface area (Å²) in [5.74, 6) is 0.308. The van der Waals surface area contributed by atoms with Gasteiger partial charge in [-0.25, -0.2) is 9.37 Å². The smallest absolute Gasteiger partial charge is 0.222 e. The lowest BCUT2D eigenvalue weighted by Crippen LogP contribution is -2.34. The van der Waals surface area contributed by atoms with E-state index in [-0.39, 0.29) is 17.8 Å². The lowest BCUT2D eigenvalue weighted by atomic mass is 10.1. The van der Waals surface area contributed by atoms with E-state index >= 15 is 0 Å². The van der Waals surface area contributed by atoms with Crippen molar-refractivity contribution in [2.75, 3.05) is 17.7 Å². The van der Waals surface area contributed by atoms with Crippen LogP contribution in [0.5, 0.6) is 0 Å². The quantitative estimate of drug-likeness (QED) is 0.828. The van der Waals surface area contributed by atoms with Gasteiger partial charge in [-0.3, -0.25) is 0 Å². The molecule has 0 aliphatic carbocycles. The van der Waals surface area contributed by atoms with Crippen LogP contribution in [0, 0.1) is 11.7 Å². The first-order chi connectivity index (χ1) is 6.93. The highest BCUT2D eigenvalue weighted by atomic mass is 19.1. The number of hydrogen-bond acceptors (Lipinski definition) is 4. The van der Waals surface area contributed by atoms with Gasteiger partial charge in [-0.05, 0) is 12.8 Å². The highest BCUT2D eigenvalue weighted by molar-refractivity contribution is 5.42. The van der Waals surface area contributed by atoms with Crippen LogP contribution in [0.15, 0.2) is 6.20 Å². The average molecular weight is 212 g/mol. The molecule has 5 heteroatoms. The van der Waals surface area contributed by atoms with E-state index in [1.165, 1.54) is 0 Å².